The van der Waals surface area contributed by atoms with Crippen LogP contribution in [0.15, 0.2) is 54.7 Å². The highest BCUT2D eigenvalue weighted by Crippen LogP contribution is 2.23. The van der Waals surface area contributed by atoms with Gasteiger partial charge in [-0.1, -0.05) is 31.0 Å². The number of aromatic nitrogens is 1. The van der Waals surface area contributed by atoms with Crippen molar-refractivity contribution < 1.29 is 4.79 Å². The van der Waals surface area contributed by atoms with E-state index in [0.29, 0.717) is 12.5 Å². The monoisotopic (exact) mass is 333 g/mol. The summed E-state index contributed by atoms with van der Waals surface area (Å²) in [6, 6.07) is 16.7. The molecule has 3 aromatic rings. The van der Waals surface area contributed by atoms with Crippen LogP contribution in [-0.2, 0) is 11.2 Å². The standard InChI is InChI=1S/C21H23N3O/c25-21(13-15-14-22-20-8-4-3-7-19(15)20)24-18-11-9-17(10-12-18)23-16-5-1-2-6-16/h3-4,7-12,14,16,22-23H,1-2,5-6,13H2,(H,24,25). The van der Waals surface area contributed by atoms with Crippen LogP contribution in [0.4, 0.5) is 11.4 Å². The molecule has 1 aliphatic carbocycles. The van der Waals surface area contributed by atoms with Crippen molar-refractivity contribution in [3.05, 3.63) is 60.3 Å². The molecule has 0 saturated heterocycles. The Morgan fingerprint density at radius 2 is 1.72 bits per heavy atom. The van der Waals surface area contributed by atoms with E-state index in [2.05, 4.69) is 15.6 Å². The molecule has 0 atom stereocenters. The average Bonchev–Trinajstić information content (AvgIpc) is 3.27. The predicted molar refractivity (Wildman–Crippen MR) is 103 cm³/mol. The van der Waals surface area contributed by atoms with Gasteiger partial charge in [0.2, 0.25) is 5.91 Å². The highest BCUT2D eigenvalue weighted by atomic mass is 16.1. The van der Waals surface area contributed by atoms with Crippen molar-refractivity contribution in [2.45, 2.75) is 38.1 Å². The van der Waals surface area contributed by atoms with E-state index in [0.717, 1.165) is 27.8 Å². The highest BCUT2D eigenvalue weighted by Gasteiger charge is 2.14. The summed E-state index contributed by atoms with van der Waals surface area (Å²) in [7, 11) is 0. The van der Waals surface area contributed by atoms with Gasteiger partial charge in [0.15, 0.2) is 0 Å². The number of anilines is 2. The Morgan fingerprint density at radius 3 is 2.52 bits per heavy atom. The molecule has 0 radical (unpaired) electrons. The van der Waals surface area contributed by atoms with Gasteiger partial charge in [-0.05, 0) is 48.7 Å². The number of amides is 1. The molecule has 2 aromatic carbocycles. The van der Waals surface area contributed by atoms with Gasteiger partial charge in [-0.2, -0.15) is 0 Å². The largest absolute Gasteiger partial charge is 0.382 e. The number of aromatic amines is 1. The second-order valence-corrected chi connectivity index (χ2v) is 6.79. The van der Waals surface area contributed by atoms with Gasteiger partial charge in [0.25, 0.3) is 0 Å². The van der Waals surface area contributed by atoms with E-state index in [1.54, 1.807) is 0 Å². The number of hydrogen-bond donors (Lipinski definition) is 3. The van der Waals surface area contributed by atoms with Crippen molar-refractivity contribution in [2.24, 2.45) is 0 Å². The molecule has 1 aliphatic rings. The third kappa shape index (κ3) is 3.68. The first-order chi connectivity index (χ1) is 12.3. The topological polar surface area (TPSA) is 56.9 Å². The molecule has 1 amide bonds. The molecule has 1 heterocycles. The third-order valence-electron chi connectivity index (χ3n) is 4.92. The van der Waals surface area contributed by atoms with Crippen LogP contribution in [0.3, 0.4) is 0 Å². The van der Waals surface area contributed by atoms with Crippen molar-refractivity contribution in [3.63, 3.8) is 0 Å². The second-order valence-electron chi connectivity index (χ2n) is 6.79. The fourth-order valence-electron chi connectivity index (χ4n) is 3.61. The van der Waals surface area contributed by atoms with Crippen molar-refractivity contribution in [1.82, 2.24) is 4.98 Å². The smallest absolute Gasteiger partial charge is 0.228 e. The minimum Gasteiger partial charge on any atom is -0.382 e. The Kier molecular flexibility index (Phi) is 4.42. The van der Waals surface area contributed by atoms with E-state index in [1.807, 2.05) is 54.7 Å². The summed E-state index contributed by atoms with van der Waals surface area (Å²) < 4.78 is 0. The van der Waals surface area contributed by atoms with E-state index in [4.69, 9.17) is 0 Å². The Morgan fingerprint density at radius 1 is 1.00 bits per heavy atom. The molecule has 0 unspecified atom stereocenters. The van der Waals surface area contributed by atoms with E-state index < -0.39 is 0 Å². The van der Waals surface area contributed by atoms with Crippen molar-refractivity contribution in [2.75, 3.05) is 10.6 Å². The average molecular weight is 333 g/mol. The van der Waals surface area contributed by atoms with Gasteiger partial charge >= 0.3 is 0 Å². The fraction of sp³-hybridized carbons (Fsp3) is 0.286. The lowest BCUT2D eigenvalue weighted by Crippen LogP contribution is -2.15. The maximum atomic E-state index is 12.3. The Hall–Kier alpha value is -2.75. The Balaban J connectivity index is 1.37. The van der Waals surface area contributed by atoms with Crippen LogP contribution in [0.1, 0.15) is 31.2 Å². The molecule has 4 nitrogen and oxygen atoms in total. The number of benzene rings is 2. The van der Waals surface area contributed by atoms with Crippen LogP contribution in [-0.4, -0.2) is 16.9 Å². The predicted octanol–water partition coefficient (Wildman–Crippen LogP) is 4.70. The van der Waals surface area contributed by atoms with Crippen LogP contribution < -0.4 is 10.6 Å². The molecule has 3 N–H and O–H groups in total. The molecule has 4 heteroatoms. The van der Waals surface area contributed by atoms with E-state index in [9.17, 15) is 4.79 Å². The molecular weight excluding hydrogens is 310 g/mol. The number of fused-ring (bicyclic) bond motifs is 1. The first kappa shape index (κ1) is 15.8. The molecule has 4 rings (SSSR count). The third-order valence-corrected chi connectivity index (χ3v) is 4.92. The molecule has 1 saturated carbocycles. The molecule has 1 aromatic heterocycles. The zero-order valence-corrected chi connectivity index (χ0v) is 14.2. The van der Waals surface area contributed by atoms with Crippen molar-refractivity contribution >= 4 is 28.2 Å². The summed E-state index contributed by atoms with van der Waals surface area (Å²) in [6.45, 7) is 0. The van der Waals surface area contributed by atoms with E-state index in [-0.39, 0.29) is 5.91 Å². The van der Waals surface area contributed by atoms with E-state index >= 15 is 0 Å². The summed E-state index contributed by atoms with van der Waals surface area (Å²) in [5, 5.41) is 7.65. The van der Waals surface area contributed by atoms with Crippen LogP contribution >= 0.6 is 0 Å². The van der Waals surface area contributed by atoms with Gasteiger partial charge in [0, 0.05) is 34.5 Å². The maximum Gasteiger partial charge on any atom is 0.228 e. The molecule has 25 heavy (non-hydrogen) atoms. The first-order valence-electron chi connectivity index (χ1n) is 8.99. The zero-order chi connectivity index (χ0) is 17.1. The summed E-state index contributed by atoms with van der Waals surface area (Å²) in [4.78, 5) is 15.6. The first-order valence-corrected chi connectivity index (χ1v) is 8.99. The fourth-order valence-corrected chi connectivity index (χ4v) is 3.61. The van der Waals surface area contributed by atoms with Crippen LogP contribution in [0.5, 0.6) is 0 Å². The normalized spacial score (nSPS) is 14.7. The van der Waals surface area contributed by atoms with Gasteiger partial charge in [-0.25, -0.2) is 0 Å². The lowest BCUT2D eigenvalue weighted by molar-refractivity contribution is -0.115. The maximum absolute atomic E-state index is 12.3. The molecule has 128 valence electrons. The number of nitrogens with one attached hydrogen (secondary N) is 3. The van der Waals surface area contributed by atoms with Gasteiger partial charge < -0.3 is 15.6 Å². The molecule has 1 fully saturated rings. The SMILES string of the molecule is O=C(Cc1c[nH]c2ccccc12)Nc1ccc(NC2CCCC2)cc1. The minimum atomic E-state index is 0.00116. The quantitative estimate of drug-likeness (QED) is 0.633. The van der Waals surface area contributed by atoms with Gasteiger partial charge in [-0.15, -0.1) is 0 Å². The minimum absolute atomic E-state index is 0.00116. The van der Waals surface area contributed by atoms with Crippen LogP contribution in [0.25, 0.3) is 10.9 Å². The molecule has 0 aliphatic heterocycles. The summed E-state index contributed by atoms with van der Waals surface area (Å²) in [5.74, 6) is 0.00116. The van der Waals surface area contributed by atoms with Gasteiger partial charge in [0.05, 0.1) is 6.42 Å². The number of rotatable bonds is 5. The lowest BCUT2D eigenvalue weighted by Gasteiger charge is -2.14. The molecule has 0 spiro atoms. The Bertz CT molecular complexity index is 860. The van der Waals surface area contributed by atoms with Crippen molar-refractivity contribution in [1.29, 1.82) is 0 Å². The lowest BCUT2D eigenvalue weighted by atomic mass is 10.1. The highest BCUT2D eigenvalue weighted by molar-refractivity contribution is 5.95. The molecular formula is C21H23N3O. The summed E-state index contributed by atoms with van der Waals surface area (Å²) in [6.07, 6.45) is 7.43. The second kappa shape index (κ2) is 7.01. The summed E-state index contributed by atoms with van der Waals surface area (Å²) >= 11 is 0. The van der Waals surface area contributed by atoms with Crippen molar-refractivity contribution in [3.8, 4) is 0 Å². The van der Waals surface area contributed by atoms with Gasteiger partial charge in [-0.3, -0.25) is 4.79 Å². The van der Waals surface area contributed by atoms with E-state index in [1.165, 1.54) is 25.7 Å². The molecule has 0 bridgehead atoms. The number of para-hydroxylation sites is 1. The number of carbonyl (C=O) groups is 1. The van der Waals surface area contributed by atoms with Crippen LogP contribution in [0.2, 0.25) is 0 Å². The van der Waals surface area contributed by atoms with Crippen LogP contribution in [0, 0.1) is 0 Å². The number of hydrogen-bond acceptors (Lipinski definition) is 2. The number of H-pyrrole nitrogens is 1. The zero-order valence-electron chi connectivity index (χ0n) is 14.2. The Labute approximate surface area is 147 Å². The number of carbonyl (C=O) groups excluding carboxylic acids is 1. The van der Waals surface area contributed by atoms with Gasteiger partial charge in [0.1, 0.15) is 0 Å². The summed E-state index contributed by atoms with van der Waals surface area (Å²) in [5.41, 5.74) is 4.05.